The van der Waals surface area contributed by atoms with Gasteiger partial charge in [0.15, 0.2) is 6.29 Å². The molecular formula is C21H29N3O4S. The van der Waals surface area contributed by atoms with Crippen molar-refractivity contribution in [3.05, 3.63) is 29.8 Å². The molecule has 3 aliphatic rings. The third-order valence-corrected chi connectivity index (χ3v) is 6.67. The normalized spacial score (nSPS) is 22.0. The fourth-order valence-electron chi connectivity index (χ4n) is 4.11. The van der Waals surface area contributed by atoms with E-state index >= 15 is 0 Å². The van der Waals surface area contributed by atoms with Crippen molar-refractivity contribution in [2.75, 3.05) is 62.8 Å². The molecule has 0 aliphatic carbocycles. The Morgan fingerprint density at radius 3 is 2.52 bits per heavy atom. The summed E-state index contributed by atoms with van der Waals surface area (Å²) in [6.07, 6.45) is 1.90. The summed E-state index contributed by atoms with van der Waals surface area (Å²) in [4.78, 5) is 29.2. The lowest BCUT2D eigenvalue weighted by molar-refractivity contribution is -0.119. The summed E-state index contributed by atoms with van der Waals surface area (Å²) in [5.74, 6) is 2.39. The van der Waals surface area contributed by atoms with Crippen LogP contribution in [0.2, 0.25) is 0 Å². The molecule has 1 aromatic carbocycles. The molecule has 0 spiro atoms. The Bertz CT molecular complexity index is 712. The Kier molecular flexibility index (Phi) is 7.07. The summed E-state index contributed by atoms with van der Waals surface area (Å²) < 4.78 is 11.2. The van der Waals surface area contributed by atoms with Crippen LogP contribution in [0, 0.1) is 5.92 Å². The Morgan fingerprint density at radius 2 is 1.79 bits per heavy atom. The maximum absolute atomic E-state index is 12.7. The van der Waals surface area contributed by atoms with Crippen molar-refractivity contribution >= 4 is 29.3 Å². The van der Waals surface area contributed by atoms with Crippen molar-refractivity contribution in [3.63, 3.8) is 0 Å². The highest BCUT2D eigenvalue weighted by Gasteiger charge is 2.30. The number of hydrogen-bond donors (Lipinski definition) is 1. The van der Waals surface area contributed by atoms with Gasteiger partial charge in [-0.2, -0.15) is 11.8 Å². The van der Waals surface area contributed by atoms with Gasteiger partial charge in [-0.25, -0.2) is 0 Å². The van der Waals surface area contributed by atoms with E-state index in [1.807, 2.05) is 34.9 Å². The molecule has 29 heavy (non-hydrogen) atoms. The number of thioether (sulfide) groups is 1. The SMILES string of the molecule is O=C(CN1CCC(C2OCCO2)CC1)Nc1cccc(C(=O)N2CCSCC2)c1. The van der Waals surface area contributed by atoms with Crippen LogP contribution < -0.4 is 5.32 Å². The minimum atomic E-state index is -0.0650. The number of benzene rings is 1. The van der Waals surface area contributed by atoms with Gasteiger partial charge in [-0.15, -0.1) is 0 Å². The molecule has 0 atom stereocenters. The molecule has 0 aromatic heterocycles. The number of piperidine rings is 1. The summed E-state index contributed by atoms with van der Waals surface area (Å²) in [7, 11) is 0. The van der Waals surface area contributed by atoms with E-state index in [2.05, 4.69) is 10.2 Å². The van der Waals surface area contributed by atoms with Crippen molar-refractivity contribution in [1.29, 1.82) is 0 Å². The molecule has 3 fully saturated rings. The first kappa shape index (κ1) is 20.7. The quantitative estimate of drug-likeness (QED) is 0.786. The summed E-state index contributed by atoms with van der Waals surface area (Å²) in [6.45, 7) is 5.04. The monoisotopic (exact) mass is 419 g/mol. The molecule has 0 bridgehead atoms. The third kappa shape index (κ3) is 5.51. The van der Waals surface area contributed by atoms with E-state index in [9.17, 15) is 9.59 Å². The molecular weight excluding hydrogens is 390 g/mol. The second kappa shape index (κ2) is 9.93. The van der Waals surface area contributed by atoms with Gasteiger partial charge >= 0.3 is 0 Å². The lowest BCUT2D eigenvalue weighted by atomic mass is 9.96. The first-order valence-corrected chi connectivity index (χ1v) is 11.6. The molecule has 3 saturated heterocycles. The zero-order valence-corrected chi connectivity index (χ0v) is 17.5. The summed E-state index contributed by atoms with van der Waals surface area (Å²) >= 11 is 1.88. The first-order valence-electron chi connectivity index (χ1n) is 10.4. The first-order chi connectivity index (χ1) is 14.2. The standard InChI is InChI=1S/C21H29N3O4S/c25-19(15-23-6-4-16(5-7-23)21-27-10-11-28-21)22-18-3-1-2-17(14-18)20(26)24-8-12-29-13-9-24/h1-3,14,16,21H,4-13,15H2,(H,22,25). The highest BCUT2D eigenvalue weighted by molar-refractivity contribution is 7.99. The summed E-state index contributed by atoms with van der Waals surface area (Å²) in [5, 5.41) is 2.95. The number of carbonyl (C=O) groups is 2. The van der Waals surface area contributed by atoms with Crippen LogP contribution >= 0.6 is 11.8 Å². The highest BCUT2D eigenvalue weighted by atomic mass is 32.2. The van der Waals surface area contributed by atoms with Crippen molar-refractivity contribution in [3.8, 4) is 0 Å². The Hall–Kier alpha value is -1.61. The number of ether oxygens (including phenoxy) is 2. The topological polar surface area (TPSA) is 71.1 Å². The Balaban J connectivity index is 1.26. The number of likely N-dealkylation sites (tertiary alicyclic amines) is 1. The van der Waals surface area contributed by atoms with Gasteiger partial charge in [-0.3, -0.25) is 14.5 Å². The van der Waals surface area contributed by atoms with Crippen LogP contribution in [-0.4, -0.2) is 85.3 Å². The molecule has 3 aliphatic heterocycles. The minimum absolute atomic E-state index is 0.0415. The minimum Gasteiger partial charge on any atom is -0.350 e. The zero-order valence-electron chi connectivity index (χ0n) is 16.7. The van der Waals surface area contributed by atoms with Gasteiger partial charge in [0.1, 0.15) is 0 Å². The Morgan fingerprint density at radius 1 is 1.07 bits per heavy atom. The Labute approximate surface area is 176 Å². The van der Waals surface area contributed by atoms with Gasteiger partial charge in [0, 0.05) is 41.8 Å². The predicted octanol–water partition coefficient (Wildman–Crippen LogP) is 1.90. The summed E-state index contributed by atoms with van der Waals surface area (Å²) in [5.41, 5.74) is 1.31. The van der Waals surface area contributed by atoms with Crippen LogP contribution in [-0.2, 0) is 14.3 Å². The largest absolute Gasteiger partial charge is 0.350 e. The van der Waals surface area contributed by atoms with E-state index in [4.69, 9.17) is 9.47 Å². The van der Waals surface area contributed by atoms with Crippen molar-refractivity contribution < 1.29 is 19.1 Å². The molecule has 3 heterocycles. The number of nitrogens with zero attached hydrogens (tertiary/aromatic N) is 2. The van der Waals surface area contributed by atoms with E-state index in [-0.39, 0.29) is 18.1 Å². The van der Waals surface area contributed by atoms with Gasteiger partial charge < -0.3 is 19.7 Å². The fraction of sp³-hybridized carbons (Fsp3) is 0.619. The van der Waals surface area contributed by atoms with Crippen LogP contribution in [0.1, 0.15) is 23.2 Å². The maximum atomic E-state index is 12.7. The second-order valence-electron chi connectivity index (χ2n) is 7.76. The number of rotatable bonds is 5. The molecule has 0 radical (unpaired) electrons. The average Bonchev–Trinajstić information content (AvgIpc) is 3.29. The number of carbonyl (C=O) groups excluding carboxylic acids is 2. The van der Waals surface area contributed by atoms with Crippen LogP contribution in [0.4, 0.5) is 5.69 Å². The zero-order chi connectivity index (χ0) is 20.1. The van der Waals surface area contributed by atoms with Gasteiger partial charge in [0.05, 0.1) is 19.8 Å². The van der Waals surface area contributed by atoms with Crippen LogP contribution in [0.15, 0.2) is 24.3 Å². The van der Waals surface area contributed by atoms with E-state index in [1.165, 1.54) is 0 Å². The molecule has 8 heteroatoms. The third-order valence-electron chi connectivity index (χ3n) is 5.72. The van der Waals surface area contributed by atoms with E-state index in [1.54, 1.807) is 6.07 Å². The second-order valence-corrected chi connectivity index (χ2v) is 8.98. The molecule has 7 nitrogen and oxygen atoms in total. The number of amides is 2. The smallest absolute Gasteiger partial charge is 0.253 e. The lowest BCUT2D eigenvalue weighted by Crippen LogP contribution is -2.41. The number of nitrogens with one attached hydrogen (secondary N) is 1. The van der Waals surface area contributed by atoms with Crippen molar-refractivity contribution in [2.45, 2.75) is 19.1 Å². The molecule has 0 saturated carbocycles. The summed E-state index contributed by atoms with van der Waals surface area (Å²) in [6, 6.07) is 7.26. The van der Waals surface area contributed by atoms with Crippen molar-refractivity contribution in [2.24, 2.45) is 5.92 Å². The molecule has 4 rings (SSSR count). The molecule has 1 aromatic rings. The van der Waals surface area contributed by atoms with E-state index < -0.39 is 0 Å². The molecule has 2 amide bonds. The molecule has 0 unspecified atom stereocenters. The average molecular weight is 420 g/mol. The van der Waals surface area contributed by atoms with Gasteiger partial charge in [0.2, 0.25) is 5.91 Å². The van der Waals surface area contributed by atoms with Crippen LogP contribution in [0.25, 0.3) is 0 Å². The lowest BCUT2D eigenvalue weighted by Gasteiger charge is -2.33. The van der Waals surface area contributed by atoms with Gasteiger partial charge in [-0.1, -0.05) is 6.07 Å². The van der Waals surface area contributed by atoms with Crippen LogP contribution in [0.3, 0.4) is 0 Å². The maximum Gasteiger partial charge on any atom is 0.253 e. The molecule has 158 valence electrons. The molecule has 1 N–H and O–H groups in total. The van der Waals surface area contributed by atoms with Gasteiger partial charge in [-0.05, 0) is 44.1 Å². The number of anilines is 1. The number of hydrogen-bond acceptors (Lipinski definition) is 6. The van der Waals surface area contributed by atoms with Gasteiger partial charge in [0.25, 0.3) is 5.91 Å². The van der Waals surface area contributed by atoms with Crippen LogP contribution in [0.5, 0.6) is 0 Å². The van der Waals surface area contributed by atoms with Crippen molar-refractivity contribution in [1.82, 2.24) is 9.80 Å². The van der Waals surface area contributed by atoms with E-state index in [0.717, 1.165) is 50.5 Å². The predicted molar refractivity (Wildman–Crippen MR) is 113 cm³/mol. The van der Waals surface area contributed by atoms with E-state index in [0.29, 0.717) is 36.9 Å². The highest BCUT2D eigenvalue weighted by Crippen LogP contribution is 2.25. The fourth-order valence-corrected chi connectivity index (χ4v) is 5.02.